The highest BCUT2D eigenvalue weighted by Gasteiger charge is 2.19. The number of carbonyl (C=O) groups is 2. The number of carboxylic acid groups (broad SMARTS) is 1. The van der Waals surface area contributed by atoms with Crippen LogP contribution in [0.2, 0.25) is 0 Å². The smallest absolute Gasteiger partial charge is 0.344 e. The molecule has 1 atom stereocenters. The summed E-state index contributed by atoms with van der Waals surface area (Å²) in [5, 5.41) is 13.6. The maximum atomic E-state index is 12.1. The molecule has 0 saturated carbocycles. The summed E-state index contributed by atoms with van der Waals surface area (Å²) in [7, 11) is 0. The Balaban J connectivity index is 1.72. The number of rotatable bonds is 8. The van der Waals surface area contributed by atoms with Gasteiger partial charge >= 0.3 is 11.6 Å². The monoisotopic (exact) mass is 401 g/mol. The molecule has 0 aliphatic carbocycles. The fraction of sp³-hybridized carbons (Fsp3) is 0.250. The number of benzene rings is 2. The van der Waals surface area contributed by atoms with Crippen molar-refractivity contribution in [3.05, 3.63) is 52.9 Å². The van der Waals surface area contributed by atoms with Crippen LogP contribution in [0.5, 0.6) is 5.75 Å². The van der Waals surface area contributed by atoms with Crippen molar-refractivity contribution in [2.24, 2.45) is 0 Å². The van der Waals surface area contributed by atoms with Crippen molar-refractivity contribution in [2.45, 2.75) is 12.5 Å². The fourth-order valence-corrected chi connectivity index (χ4v) is 3.30. The maximum absolute atomic E-state index is 12.1. The average Bonchev–Trinajstić information content (AvgIpc) is 2.69. The van der Waals surface area contributed by atoms with Gasteiger partial charge in [-0.3, -0.25) is 4.79 Å². The minimum Gasteiger partial charge on any atom is -0.484 e. The summed E-state index contributed by atoms with van der Waals surface area (Å²) in [6.45, 7) is -0.341. The Morgan fingerprint density at radius 1 is 1.18 bits per heavy atom. The van der Waals surface area contributed by atoms with Crippen molar-refractivity contribution in [1.82, 2.24) is 5.32 Å². The summed E-state index contributed by atoms with van der Waals surface area (Å²) in [5.74, 6) is -0.650. The molecule has 3 aromatic rings. The van der Waals surface area contributed by atoms with Crippen LogP contribution in [0.25, 0.3) is 21.7 Å². The molecule has 0 spiro atoms. The molecular weight excluding hydrogens is 382 g/mol. The van der Waals surface area contributed by atoms with Crippen molar-refractivity contribution in [1.29, 1.82) is 0 Å². The molecular formula is C20H19NO6S. The first-order valence-electron chi connectivity index (χ1n) is 8.59. The number of ether oxygens (including phenoxy) is 1. The van der Waals surface area contributed by atoms with Crippen LogP contribution in [-0.2, 0) is 9.59 Å². The first-order chi connectivity index (χ1) is 13.5. The molecule has 0 fully saturated rings. The van der Waals surface area contributed by atoms with Gasteiger partial charge in [-0.1, -0.05) is 18.2 Å². The first kappa shape index (κ1) is 19.8. The standard InChI is InChI=1S/C20H19NO6S/c1-28-9-8-16(19(23)24)21-18(22)11-26-12-6-7-14-13-4-2-3-5-15(13)20(25)27-17(14)10-12/h2-7,10,16H,8-9,11H2,1H3,(H,21,22)(H,23,24). The normalized spacial score (nSPS) is 12.0. The topological polar surface area (TPSA) is 106 Å². The summed E-state index contributed by atoms with van der Waals surface area (Å²) >= 11 is 1.51. The van der Waals surface area contributed by atoms with Gasteiger partial charge in [0.25, 0.3) is 5.91 Å². The third-order valence-electron chi connectivity index (χ3n) is 4.21. The Morgan fingerprint density at radius 3 is 2.64 bits per heavy atom. The number of aliphatic carboxylic acids is 1. The van der Waals surface area contributed by atoms with Crippen molar-refractivity contribution in [2.75, 3.05) is 18.6 Å². The first-order valence-corrected chi connectivity index (χ1v) is 9.98. The van der Waals surface area contributed by atoms with Crippen LogP contribution in [0.4, 0.5) is 0 Å². The van der Waals surface area contributed by atoms with Gasteiger partial charge in [-0.05, 0) is 42.0 Å². The van der Waals surface area contributed by atoms with E-state index in [0.717, 1.165) is 10.8 Å². The molecule has 0 aliphatic rings. The molecule has 0 saturated heterocycles. The molecule has 8 heteroatoms. The second kappa shape index (κ2) is 8.79. The molecule has 28 heavy (non-hydrogen) atoms. The van der Waals surface area contributed by atoms with E-state index in [-0.39, 0.29) is 6.61 Å². The van der Waals surface area contributed by atoms with Crippen molar-refractivity contribution >= 4 is 45.4 Å². The van der Waals surface area contributed by atoms with Gasteiger partial charge in [-0.15, -0.1) is 0 Å². The van der Waals surface area contributed by atoms with Crippen LogP contribution < -0.4 is 15.7 Å². The molecule has 1 aromatic heterocycles. The predicted molar refractivity (Wildman–Crippen MR) is 108 cm³/mol. The van der Waals surface area contributed by atoms with Crippen LogP contribution in [0.3, 0.4) is 0 Å². The zero-order valence-corrected chi connectivity index (χ0v) is 16.0. The van der Waals surface area contributed by atoms with Gasteiger partial charge in [0.1, 0.15) is 17.4 Å². The van der Waals surface area contributed by atoms with Gasteiger partial charge < -0.3 is 19.6 Å². The number of thioether (sulfide) groups is 1. The van der Waals surface area contributed by atoms with Crippen LogP contribution >= 0.6 is 11.8 Å². The van der Waals surface area contributed by atoms with E-state index in [1.807, 2.05) is 18.4 Å². The molecule has 146 valence electrons. The molecule has 2 aromatic carbocycles. The van der Waals surface area contributed by atoms with Crippen molar-refractivity contribution < 1.29 is 23.8 Å². The summed E-state index contributed by atoms with van der Waals surface area (Å²) in [6.07, 6.45) is 2.20. The van der Waals surface area contributed by atoms with Crippen LogP contribution in [0, 0.1) is 0 Å². The zero-order chi connectivity index (χ0) is 20.1. The van der Waals surface area contributed by atoms with Gasteiger partial charge in [0.05, 0.1) is 5.39 Å². The van der Waals surface area contributed by atoms with E-state index in [9.17, 15) is 14.4 Å². The van der Waals surface area contributed by atoms with E-state index < -0.39 is 23.5 Å². The lowest BCUT2D eigenvalue weighted by Gasteiger charge is -2.14. The molecule has 0 aliphatic heterocycles. The Morgan fingerprint density at radius 2 is 1.93 bits per heavy atom. The van der Waals surface area contributed by atoms with Gasteiger partial charge in [0.2, 0.25) is 0 Å². The van der Waals surface area contributed by atoms with Crippen molar-refractivity contribution in [3.8, 4) is 5.75 Å². The number of carbonyl (C=O) groups excluding carboxylic acids is 1. The summed E-state index contributed by atoms with van der Waals surface area (Å²) in [6, 6.07) is 11.2. The number of hydrogen-bond acceptors (Lipinski definition) is 6. The largest absolute Gasteiger partial charge is 0.484 e. The van der Waals surface area contributed by atoms with E-state index >= 15 is 0 Å². The Hall–Kier alpha value is -3.00. The van der Waals surface area contributed by atoms with E-state index in [0.29, 0.717) is 28.9 Å². The molecule has 2 N–H and O–H groups in total. The fourth-order valence-electron chi connectivity index (χ4n) is 2.83. The Kier molecular flexibility index (Phi) is 6.20. The van der Waals surface area contributed by atoms with Crippen LogP contribution in [-0.4, -0.2) is 41.6 Å². The van der Waals surface area contributed by atoms with E-state index in [1.54, 1.807) is 30.3 Å². The minimum absolute atomic E-state index is 0.330. The van der Waals surface area contributed by atoms with E-state index in [1.165, 1.54) is 11.8 Å². The third kappa shape index (κ3) is 4.45. The van der Waals surface area contributed by atoms with E-state index in [4.69, 9.17) is 14.3 Å². The predicted octanol–water partition coefficient (Wildman–Crippen LogP) is 2.65. The average molecular weight is 401 g/mol. The number of hydrogen-bond donors (Lipinski definition) is 2. The lowest BCUT2D eigenvalue weighted by atomic mass is 10.1. The van der Waals surface area contributed by atoms with Gasteiger partial charge in [-0.2, -0.15) is 11.8 Å². The highest BCUT2D eigenvalue weighted by Crippen LogP contribution is 2.26. The highest BCUT2D eigenvalue weighted by atomic mass is 32.2. The van der Waals surface area contributed by atoms with Crippen molar-refractivity contribution in [3.63, 3.8) is 0 Å². The molecule has 1 unspecified atom stereocenters. The molecule has 1 amide bonds. The molecule has 7 nitrogen and oxygen atoms in total. The van der Waals surface area contributed by atoms with Gasteiger partial charge in [0, 0.05) is 11.5 Å². The number of nitrogens with one attached hydrogen (secondary N) is 1. The minimum atomic E-state index is -1.08. The number of amides is 1. The maximum Gasteiger partial charge on any atom is 0.344 e. The lowest BCUT2D eigenvalue weighted by molar-refractivity contribution is -0.142. The molecule has 1 heterocycles. The molecule has 3 rings (SSSR count). The molecule has 0 bridgehead atoms. The number of carboxylic acids is 1. The third-order valence-corrected chi connectivity index (χ3v) is 4.85. The summed E-state index contributed by atoms with van der Waals surface area (Å²) < 4.78 is 10.8. The second-order valence-electron chi connectivity index (χ2n) is 6.12. The van der Waals surface area contributed by atoms with Gasteiger partial charge in [-0.25, -0.2) is 9.59 Å². The second-order valence-corrected chi connectivity index (χ2v) is 7.11. The lowest BCUT2D eigenvalue weighted by Crippen LogP contribution is -2.43. The quantitative estimate of drug-likeness (QED) is 0.441. The summed E-state index contributed by atoms with van der Waals surface area (Å²) in [4.78, 5) is 35.3. The van der Waals surface area contributed by atoms with Crippen LogP contribution in [0.15, 0.2) is 51.7 Å². The SMILES string of the molecule is CSCCC(NC(=O)COc1ccc2c(c1)oc(=O)c1ccccc12)C(=O)O. The Labute approximate surface area is 164 Å². The zero-order valence-electron chi connectivity index (χ0n) is 15.1. The van der Waals surface area contributed by atoms with Gasteiger partial charge in [0.15, 0.2) is 6.61 Å². The Bertz CT molecular complexity index is 1080. The summed E-state index contributed by atoms with van der Waals surface area (Å²) in [5.41, 5.74) is -0.0962. The highest BCUT2D eigenvalue weighted by molar-refractivity contribution is 7.98. The van der Waals surface area contributed by atoms with Crippen LogP contribution in [0.1, 0.15) is 6.42 Å². The molecule has 0 radical (unpaired) electrons. The van der Waals surface area contributed by atoms with E-state index in [2.05, 4.69) is 5.32 Å². The number of fused-ring (bicyclic) bond motifs is 3.